The minimum Gasteiger partial charge on any atom is -0.346 e. The van der Waals surface area contributed by atoms with Gasteiger partial charge in [-0.2, -0.15) is 52.7 Å². The van der Waals surface area contributed by atoms with Gasteiger partial charge in [0.1, 0.15) is 26.2 Å². The van der Waals surface area contributed by atoms with Crippen molar-refractivity contribution < 1.29 is 71.9 Å². The number of nitrogens with one attached hydrogen (secondary N) is 4. The van der Waals surface area contributed by atoms with E-state index in [1.165, 1.54) is 19.6 Å². The summed E-state index contributed by atoms with van der Waals surface area (Å²) < 4.78 is 151. The summed E-state index contributed by atoms with van der Waals surface area (Å²) in [5.74, 6) is -4.34. The molecule has 24 heteroatoms. The highest BCUT2D eigenvalue weighted by atomic mass is 19.4. The van der Waals surface area contributed by atoms with Crippen LogP contribution in [0.3, 0.4) is 0 Å². The van der Waals surface area contributed by atoms with Crippen LogP contribution in [0.4, 0.5) is 52.7 Å². The van der Waals surface area contributed by atoms with Crippen LogP contribution in [0.5, 0.6) is 0 Å². The molecule has 0 spiro atoms. The largest absolute Gasteiger partial charge is 0.405 e. The van der Waals surface area contributed by atoms with E-state index in [4.69, 9.17) is 0 Å². The quantitative estimate of drug-likeness (QED) is 0.206. The molecule has 0 saturated carbocycles. The second kappa shape index (κ2) is 19.2. The molecule has 0 unspecified atom stereocenters. The zero-order valence-corrected chi connectivity index (χ0v) is 25.3. The summed E-state index contributed by atoms with van der Waals surface area (Å²) in [7, 11) is 0. The summed E-state index contributed by atoms with van der Waals surface area (Å²) in [6.07, 6.45) is -19.0. The fourth-order valence-electron chi connectivity index (χ4n) is 4.04. The van der Waals surface area contributed by atoms with E-state index >= 15 is 0 Å². The van der Waals surface area contributed by atoms with Gasteiger partial charge < -0.3 is 21.3 Å². The van der Waals surface area contributed by atoms with E-state index in [0.29, 0.717) is 0 Å². The summed E-state index contributed by atoms with van der Waals surface area (Å²) in [5.41, 5.74) is 0. The molecular weight excluding hydrogens is 692 g/mol. The summed E-state index contributed by atoms with van der Waals surface area (Å²) in [6.45, 7) is -10.8. The van der Waals surface area contributed by atoms with E-state index in [0.717, 1.165) is 0 Å². The average Bonchev–Trinajstić information content (AvgIpc) is 2.92. The third-order valence-corrected chi connectivity index (χ3v) is 6.34. The normalized spacial score (nSPS) is 17.6. The number of alkyl halides is 12. The molecule has 0 radical (unpaired) electrons. The van der Waals surface area contributed by atoms with Crippen molar-refractivity contribution in [1.82, 2.24) is 40.9 Å². The molecule has 1 fully saturated rings. The van der Waals surface area contributed by atoms with Crippen molar-refractivity contribution in [2.75, 3.05) is 105 Å². The Bertz CT molecular complexity index is 864. The zero-order valence-electron chi connectivity index (χ0n) is 25.3. The first kappa shape index (κ1) is 42.9. The molecule has 0 bridgehead atoms. The van der Waals surface area contributed by atoms with Gasteiger partial charge in [0.15, 0.2) is 0 Å². The van der Waals surface area contributed by atoms with Gasteiger partial charge in [-0.3, -0.25) is 38.8 Å². The maximum Gasteiger partial charge on any atom is 0.405 e. The number of amides is 4. The molecule has 4 N–H and O–H groups in total. The van der Waals surface area contributed by atoms with E-state index < -0.39 is 101 Å². The van der Waals surface area contributed by atoms with Crippen molar-refractivity contribution >= 4 is 23.6 Å². The molecule has 0 aliphatic carbocycles. The molecule has 0 aromatic rings. The van der Waals surface area contributed by atoms with Crippen LogP contribution in [0.25, 0.3) is 0 Å². The number of hydrogen-bond acceptors (Lipinski definition) is 8. The Morgan fingerprint density at radius 3 is 0.625 bits per heavy atom. The van der Waals surface area contributed by atoms with Crippen LogP contribution in [0, 0.1) is 0 Å². The van der Waals surface area contributed by atoms with Crippen LogP contribution >= 0.6 is 0 Å². The maximum absolute atomic E-state index is 12.6. The molecule has 0 aromatic heterocycles. The summed E-state index contributed by atoms with van der Waals surface area (Å²) in [5, 5.41) is 6.64. The lowest BCUT2D eigenvalue weighted by Crippen LogP contribution is -2.52. The highest BCUT2D eigenvalue weighted by Crippen LogP contribution is 2.14. The van der Waals surface area contributed by atoms with Crippen LogP contribution in [0.1, 0.15) is 0 Å². The SMILES string of the molecule is O=C(CN1CCN(CC(=O)NCC(F)(F)F)CCN(CC(=O)NCC(F)(F)F)CCN(CC(=O)NCC(F)(F)F)CC1)NCC(F)(F)F. The minimum absolute atomic E-state index is 0.188. The number of hydrogen-bond donors (Lipinski definition) is 4. The first-order valence-electron chi connectivity index (χ1n) is 14.1. The molecule has 12 nitrogen and oxygen atoms in total. The lowest BCUT2D eigenvalue weighted by Gasteiger charge is -2.33. The van der Waals surface area contributed by atoms with Crippen molar-refractivity contribution in [3.63, 3.8) is 0 Å². The number of rotatable bonds is 12. The molecule has 48 heavy (non-hydrogen) atoms. The number of halogens is 12. The Labute approximate surface area is 266 Å². The molecule has 0 aromatic carbocycles. The fourth-order valence-corrected chi connectivity index (χ4v) is 4.04. The predicted octanol–water partition coefficient (Wildman–Crippen LogP) is -0.0780. The van der Waals surface area contributed by atoms with Crippen LogP contribution in [-0.4, -0.2) is 173 Å². The third-order valence-electron chi connectivity index (χ3n) is 6.34. The first-order valence-corrected chi connectivity index (χ1v) is 14.1. The van der Waals surface area contributed by atoms with E-state index in [9.17, 15) is 71.9 Å². The predicted molar refractivity (Wildman–Crippen MR) is 142 cm³/mol. The van der Waals surface area contributed by atoms with Crippen molar-refractivity contribution in [3.05, 3.63) is 0 Å². The Balaban J connectivity index is 3.20. The third kappa shape index (κ3) is 23.2. The van der Waals surface area contributed by atoms with Crippen LogP contribution in [0.15, 0.2) is 0 Å². The van der Waals surface area contributed by atoms with Crippen LogP contribution in [-0.2, 0) is 19.2 Å². The van der Waals surface area contributed by atoms with Gasteiger partial charge >= 0.3 is 24.7 Å². The Morgan fingerprint density at radius 2 is 0.500 bits per heavy atom. The molecule has 0 atom stereocenters. The summed E-state index contributed by atoms with van der Waals surface area (Å²) in [6, 6.07) is 0. The van der Waals surface area contributed by atoms with E-state index in [1.54, 1.807) is 21.3 Å². The monoisotopic (exact) mass is 728 g/mol. The van der Waals surface area contributed by atoms with Crippen molar-refractivity contribution in [1.29, 1.82) is 0 Å². The molecule has 4 amide bonds. The molecule has 1 saturated heterocycles. The standard InChI is InChI=1S/C24H36F12N8O4/c25-21(26,27)13-37-17(45)9-41-1-2-42(10-18(46)38-14-22(28,29)30)5-6-44(12-20(48)40-16-24(34,35)36)8-7-43(4-3-41)11-19(47)39-15-23(31,32)33/h1-16H2,(H,37,45)(H,38,46)(H,39,47)(H,40,48). The van der Waals surface area contributed by atoms with Crippen molar-refractivity contribution in [3.8, 4) is 0 Å². The molecule has 1 heterocycles. The van der Waals surface area contributed by atoms with E-state index in [2.05, 4.69) is 0 Å². The number of carbonyl (C=O) groups is 4. The van der Waals surface area contributed by atoms with Crippen LogP contribution in [0.2, 0.25) is 0 Å². The Morgan fingerprint density at radius 1 is 0.354 bits per heavy atom. The van der Waals surface area contributed by atoms with E-state index in [1.807, 2.05) is 0 Å². The van der Waals surface area contributed by atoms with Gasteiger partial charge in [0.25, 0.3) is 0 Å². The summed E-state index contributed by atoms with van der Waals surface area (Å²) in [4.78, 5) is 54.1. The van der Waals surface area contributed by atoms with Gasteiger partial charge in [-0.25, -0.2) is 0 Å². The van der Waals surface area contributed by atoms with E-state index in [-0.39, 0.29) is 52.4 Å². The fraction of sp³-hybridized carbons (Fsp3) is 0.833. The highest BCUT2D eigenvalue weighted by Gasteiger charge is 2.31. The second-order valence-corrected chi connectivity index (χ2v) is 10.7. The van der Waals surface area contributed by atoms with Crippen LogP contribution < -0.4 is 21.3 Å². The smallest absolute Gasteiger partial charge is 0.346 e. The van der Waals surface area contributed by atoms with Gasteiger partial charge in [-0.1, -0.05) is 0 Å². The van der Waals surface area contributed by atoms with Gasteiger partial charge in [0, 0.05) is 52.4 Å². The topological polar surface area (TPSA) is 129 Å². The number of carbonyl (C=O) groups excluding carboxylic acids is 4. The number of nitrogens with zero attached hydrogens (tertiary/aromatic N) is 4. The molecule has 1 aliphatic heterocycles. The van der Waals surface area contributed by atoms with Gasteiger partial charge in [0.05, 0.1) is 26.2 Å². The Kier molecular flexibility index (Phi) is 17.1. The highest BCUT2D eigenvalue weighted by molar-refractivity contribution is 5.79. The van der Waals surface area contributed by atoms with Crippen molar-refractivity contribution in [2.45, 2.75) is 24.7 Å². The Hall–Kier alpha value is -3.12. The molecule has 280 valence electrons. The average molecular weight is 729 g/mol. The zero-order chi connectivity index (χ0) is 36.8. The lowest BCUT2D eigenvalue weighted by atomic mass is 10.3. The molecule has 1 rings (SSSR count). The van der Waals surface area contributed by atoms with Gasteiger partial charge in [0.2, 0.25) is 23.6 Å². The van der Waals surface area contributed by atoms with Gasteiger partial charge in [-0.15, -0.1) is 0 Å². The maximum atomic E-state index is 12.6. The molecular formula is C24H36F12N8O4. The van der Waals surface area contributed by atoms with Crippen molar-refractivity contribution in [2.24, 2.45) is 0 Å². The van der Waals surface area contributed by atoms with Gasteiger partial charge in [-0.05, 0) is 0 Å². The molecule has 1 aliphatic rings. The first-order chi connectivity index (χ1) is 21.9. The lowest BCUT2D eigenvalue weighted by molar-refractivity contribution is -0.140. The minimum atomic E-state index is -4.74. The second-order valence-electron chi connectivity index (χ2n) is 10.7. The summed E-state index contributed by atoms with van der Waals surface area (Å²) >= 11 is 0.